The maximum absolute atomic E-state index is 13.3. The van der Waals surface area contributed by atoms with Crippen molar-refractivity contribution < 1.29 is 27.2 Å². The minimum absolute atomic E-state index is 0.0241. The summed E-state index contributed by atoms with van der Waals surface area (Å²) < 4.78 is 50.8. The van der Waals surface area contributed by atoms with Gasteiger partial charge in [0.25, 0.3) is 5.91 Å². The van der Waals surface area contributed by atoms with Gasteiger partial charge < -0.3 is 15.5 Å². The number of hydrogen-bond acceptors (Lipinski definition) is 6. The minimum Gasteiger partial charge on any atom is -0.345 e. The molecule has 0 saturated carbocycles. The zero-order valence-electron chi connectivity index (χ0n) is 16.7. The first-order valence-electron chi connectivity index (χ1n) is 9.57. The van der Waals surface area contributed by atoms with Gasteiger partial charge in [-0.05, 0) is 18.9 Å². The number of carbonyl (C=O) groups is 2. The van der Waals surface area contributed by atoms with Crippen molar-refractivity contribution in [2.75, 3.05) is 18.4 Å². The standard InChI is InChI=1S/C19H19F4N7O2/c20-14-9-12(1-6-25-14)27-16-13(11-26-29-16)17(32)28-18(2-5-24)3-7-30(8-4-18)15(31)10-19(21,22)23/h1,6,9,11H,2-4,7-8,10H2,(H,28,32)(H2,25,26,27,29). The van der Waals surface area contributed by atoms with Crippen LogP contribution >= 0.6 is 0 Å². The average Bonchev–Trinajstić information content (AvgIpc) is 3.15. The Balaban J connectivity index is 1.69. The Morgan fingerprint density at radius 2 is 2.03 bits per heavy atom. The van der Waals surface area contributed by atoms with Crippen LogP contribution in [0.25, 0.3) is 0 Å². The fourth-order valence-corrected chi connectivity index (χ4v) is 3.45. The fourth-order valence-electron chi connectivity index (χ4n) is 3.45. The van der Waals surface area contributed by atoms with Crippen molar-refractivity contribution in [1.82, 2.24) is 25.4 Å². The van der Waals surface area contributed by atoms with Gasteiger partial charge in [0.2, 0.25) is 11.9 Å². The molecule has 2 aromatic heterocycles. The molecule has 9 nitrogen and oxygen atoms in total. The van der Waals surface area contributed by atoms with Crippen molar-refractivity contribution >= 4 is 23.3 Å². The van der Waals surface area contributed by atoms with Gasteiger partial charge in [0.1, 0.15) is 17.8 Å². The first-order valence-corrected chi connectivity index (χ1v) is 9.57. The Labute approximate surface area is 179 Å². The number of likely N-dealkylation sites (tertiary alicyclic amines) is 1. The van der Waals surface area contributed by atoms with E-state index in [0.29, 0.717) is 5.69 Å². The predicted octanol–water partition coefficient (Wildman–Crippen LogP) is 2.64. The number of pyridine rings is 1. The molecule has 1 aliphatic rings. The largest absolute Gasteiger partial charge is 0.397 e. The van der Waals surface area contributed by atoms with Gasteiger partial charge in [-0.2, -0.15) is 27.9 Å². The monoisotopic (exact) mass is 453 g/mol. The van der Waals surface area contributed by atoms with E-state index >= 15 is 0 Å². The number of hydrogen-bond donors (Lipinski definition) is 3. The Bertz CT molecular complexity index is 1020. The topological polar surface area (TPSA) is 127 Å². The average molecular weight is 453 g/mol. The molecule has 3 heterocycles. The molecule has 0 aromatic carbocycles. The fraction of sp³-hybridized carbons (Fsp3) is 0.421. The van der Waals surface area contributed by atoms with E-state index in [1.807, 2.05) is 6.07 Å². The number of alkyl halides is 3. The van der Waals surface area contributed by atoms with Crippen molar-refractivity contribution in [3.63, 3.8) is 0 Å². The van der Waals surface area contributed by atoms with Gasteiger partial charge in [-0.25, -0.2) is 4.98 Å². The molecule has 2 aromatic rings. The third-order valence-electron chi connectivity index (χ3n) is 5.10. The normalized spacial score (nSPS) is 15.7. The second-order valence-corrected chi connectivity index (χ2v) is 7.39. The van der Waals surface area contributed by atoms with Crippen LogP contribution in [0.3, 0.4) is 0 Å². The number of nitrogens with zero attached hydrogens (tertiary/aromatic N) is 4. The summed E-state index contributed by atoms with van der Waals surface area (Å²) in [7, 11) is 0. The molecule has 1 fully saturated rings. The van der Waals surface area contributed by atoms with Crippen molar-refractivity contribution in [3.8, 4) is 6.07 Å². The van der Waals surface area contributed by atoms with Gasteiger partial charge in [0, 0.05) is 31.0 Å². The number of nitrogens with one attached hydrogen (secondary N) is 3. The maximum Gasteiger partial charge on any atom is 0.397 e. The molecule has 3 N–H and O–H groups in total. The molecule has 0 radical (unpaired) electrons. The van der Waals surface area contributed by atoms with E-state index in [1.54, 1.807) is 0 Å². The zero-order valence-corrected chi connectivity index (χ0v) is 16.7. The van der Waals surface area contributed by atoms with Crippen molar-refractivity contribution in [2.24, 2.45) is 0 Å². The van der Waals surface area contributed by atoms with E-state index in [0.717, 1.165) is 11.0 Å². The lowest BCUT2D eigenvalue weighted by molar-refractivity contribution is -0.162. The summed E-state index contributed by atoms with van der Waals surface area (Å²) in [6.45, 7) is -0.0483. The molecule has 3 rings (SSSR count). The number of piperidine rings is 1. The van der Waals surface area contributed by atoms with Gasteiger partial charge in [-0.15, -0.1) is 0 Å². The van der Waals surface area contributed by atoms with E-state index in [1.165, 1.54) is 18.5 Å². The number of anilines is 2. The summed E-state index contributed by atoms with van der Waals surface area (Å²) in [6.07, 6.45) is -3.52. The number of H-pyrrole nitrogens is 1. The quantitative estimate of drug-likeness (QED) is 0.456. The van der Waals surface area contributed by atoms with Gasteiger partial charge in [0.15, 0.2) is 0 Å². The highest BCUT2D eigenvalue weighted by molar-refractivity contribution is 5.99. The van der Waals surface area contributed by atoms with Gasteiger partial charge in [-0.3, -0.25) is 14.7 Å². The van der Waals surface area contributed by atoms with Gasteiger partial charge in [0.05, 0.1) is 24.2 Å². The molecule has 0 aliphatic carbocycles. The van der Waals surface area contributed by atoms with E-state index < -0.39 is 35.9 Å². The lowest BCUT2D eigenvalue weighted by Crippen LogP contribution is -2.56. The summed E-state index contributed by atoms with van der Waals surface area (Å²) in [5.74, 6) is -2.17. The first kappa shape index (κ1) is 23.0. The summed E-state index contributed by atoms with van der Waals surface area (Å²) >= 11 is 0. The SMILES string of the molecule is N#CCC1(NC(=O)c2cn[nH]c2Nc2ccnc(F)c2)CCN(C(=O)CC(F)(F)F)CC1. The van der Waals surface area contributed by atoms with E-state index in [9.17, 15) is 32.4 Å². The van der Waals surface area contributed by atoms with Crippen LogP contribution in [0, 0.1) is 17.3 Å². The summed E-state index contributed by atoms with van der Waals surface area (Å²) in [5, 5.41) is 21.2. The van der Waals surface area contributed by atoms with Gasteiger partial charge in [-0.1, -0.05) is 0 Å². The molecule has 0 bridgehead atoms. The number of carbonyl (C=O) groups excluding carboxylic acids is 2. The van der Waals surface area contributed by atoms with E-state index in [-0.39, 0.29) is 43.7 Å². The van der Waals surface area contributed by atoms with Crippen LogP contribution in [-0.2, 0) is 4.79 Å². The Kier molecular flexibility index (Phi) is 6.61. The van der Waals surface area contributed by atoms with Crippen LogP contribution in [0.2, 0.25) is 0 Å². The maximum atomic E-state index is 13.3. The lowest BCUT2D eigenvalue weighted by Gasteiger charge is -2.41. The van der Waals surface area contributed by atoms with Crippen LogP contribution in [0.4, 0.5) is 29.1 Å². The smallest absolute Gasteiger partial charge is 0.345 e. The highest BCUT2D eigenvalue weighted by Crippen LogP contribution is 2.29. The van der Waals surface area contributed by atoms with Crippen molar-refractivity contribution in [2.45, 2.75) is 37.4 Å². The molecular formula is C19H19F4N7O2. The molecule has 1 saturated heterocycles. The van der Waals surface area contributed by atoms with Crippen LogP contribution < -0.4 is 10.6 Å². The van der Waals surface area contributed by atoms with E-state index in [2.05, 4.69) is 25.8 Å². The molecule has 0 spiro atoms. The van der Waals surface area contributed by atoms with E-state index in [4.69, 9.17) is 0 Å². The number of amides is 2. The second kappa shape index (κ2) is 9.21. The predicted molar refractivity (Wildman–Crippen MR) is 103 cm³/mol. The molecular weight excluding hydrogens is 434 g/mol. The van der Waals surface area contributed by atoms with Crippen LogP contribution in [0.5, 0.6) is 0 Å². The molecule has 170 valence electrons. The molecule has 1 aliphatic heterocycles. The minimum atomic E-state index is -4.60. The summed E-state index contributed by atoms with van der Waals surface area (Å²) in [5.41, 5.74) is -0.604. The molecule has 13 heteroatoms. The number of rotatable bonds is 6. The molecule has 0 atom stereocenters. The third kappa shape index (κ3) is 5.71. The first-order chi connectivity index (χ1) is 15.1. The Hall–Kier alpha value is -3.69. The van der Waals surface area contributed by atoms with Crippen molar-refractivity contribution in [1.29, 1.82) is 5.26 Å². The highest BCUT2D eigenvalue weighted by atomic mass is 19.4. The van der Waals surface area contributed by atoms with Crippen LogP contribution in [0.1, 0.15) is 36.0 Å². The third-order valence-corrected chi connectivity index (χ3v) is 5.10. The van der Waals surface area contributed by atoms with Crippen LogP contribution in [-0.4, -0.2) is 56.7 Å². The molecule has 2 amide bonds. The number of halogens is 4. The molecule has 32 heavy (non-hydrogen) atoms. The lowest BCUT2D eigenvalue weighted by atomic mass is 9.84. The van der Waals surface area contributed by atoms with Crippen molar-refractivity contribution in [3.05, 3.63) is 36.0 Å². The Morgan fingerprint density at radius 3 is 2.66 bits per heavy atom. The second-order valence-electron chi connectivity index (χ2n) is 7.39. The Morgan fingerprint density at radius 1 is 1.31 bits per heavy atom. The number of aromatic nitrogens is 3. The highest BCUT2D eigenvalue weighted by Gasteiger charge is 2.40. The molecule has 0 unspecified atom stereocenters. The van der Waals surface area contributed by atoms with Gasteiger partial charge >= 0.3 is 6.18 Å². The van der Waals surface area contributed by atoms with Crippen LogP contribution in [0.15, 0.2) is 24.5 Å². The summed E-state index contributed by atoms with van der Waals surface area (Å²) in [4.78, 5) is 29.3. The summed E-state index contributed by atoms with van der Waals surface area (Å²) in [6, 6.07) is 4.59. The number of nitriles is 1. The zero-order chi connectivity index (χ0) is 23.4. The number of aromatic amines is 1.